The highest BCUT2D eigenvalue weighted by Gasteiger charge is 2.52. The van der Waals surface area contributed by atoms with Crippen LogP contribution in [0.25, 0.3) is 10.9 Å². The number of pyridine rings is 1. The Morgan fingerprint density at radius 1 is 1.13 bits per heavy atom. The van der Waals surface area contributed by atoms with E-state index in [-0.39, 0.29) is 6.04 Å². The Morgan fingerprint density at radius 3 is 2.45 bits per heavy atom. The zero-order valence-electron chi connectivity index (χ0n) is 18.7. The molecule has 2 aromatic carbocycles. The summed E-state index contributed by atoms with van der Waals surface area (Å²) in [6.45, 7) is 7.17. The fourth-order valence-corrected chi connectivity index (χ4v) is 6.88. The molecule has 7 heteroatoms. The van der Waals surface area contributed by atoms with E-state index < -0.39 is 7.87 Å². The molecular weight excluding hydrogens is 411 g/mol. The molecule has 3 aromatic rings. The van der Waals surface area contributed by atoms with E-state index in [4.69, 9.17) is 19.0 Å². The summed E-state index contributed by atoms with van der Waals surface area (Å²) in [7, 11) is -0.0930. The molecule has 1 unspecified atom stereocenters. The number of rotatable bonds is 6. The highest BCUT2D eigenvalue weighted by Crippen LogP contribution is 2.61. The van der Waals surface area contributed by atoms with Gasteiger partial charge in [-0.25, -0.2) is 9.51 Å². The molecular formula is C24H29N2O4P. The van der Waals surface area contributed by atoms with E-state index in [1.165, 1.54) is 0 Å². The second kappa shape index (κ2) is 8.71. The fourth-order valence-electron chi connectivity index (χ4n) is 4.13. The van der Waals surface area contributed by atoms with Crippen molar-refractivity contribution in [3.8, 4) is 11.5 Å². The predicted octanol–water partition coefficient (Wildman–Crippen LogP) is 3.87. The van der Waals surface area contributed by atoms with Crippen molar-refractivity contribution in [1.82, 2.24) is 9.65 Å². The van der Waals surface area contributed by atoms with Gasteiger partial charge in [-0.05, 0) is 30.5 Å². The second-order valence-electron chi connectivity index (χ2n) is 8.20. The van der Waals surface area contributed by atoms with Crippen LogP contribution in [0.3, 0.4) is 0 Å². The summed E-state index contributed by atoms with van der Waals surface area (Å²) in [6.07, 6.45) is 0. The molecule has 0 bridgehead atoms. The first-order valence-corrected chi connectivity index (χ1v) is 12.0. The van der Waals surface area contributed by atoms with Crippen LogP contribution in [0.2, 0.25) is 0 Å². The van der Waals surface area contributed by atoms with Gasteiger partial charge in [0, 0.05) is 11.5 Å². The van der Waals surface area contributed by atoms with Gasteiger partial charge >= 0.3 is 0 Å². The Balaban J connectivity index is 1.82. The van der Waals surface area contributed by atoms with E-state index in [0.29, 0.717) is 41.6 Å². The third kappa shape index (κ3) is 4.01. The van der Waals surface area contributed by atoms with Crippen LogP contribution in [0.4, 0.5) is 0 Å². The lowest BCUT2D eigenvalue weighted by atomic mass is 10.1. The van der Waals surface area contributed by atoms with Gasteiger partial charge in [-0.15, -0.1) is 4.67 Å². The minimum absolute atomic E-state index is 0.0616. The van der Waals surface area contributed by atoms with Crippen molar-refractivity contribution in [2.45, 2.75) is 33.4 Å². The lowest BCUT2D eigenvalue weighted by molar-refractivity contribution is -0.195. The van der Waals surface area contributed by atoms with Crippen molar-refractivity contribution in [2.24, 2.45) is 5.92 Å². The van der Waals surface area contributed by atoms with E-state index in [9.17, 15) is 4.89 Å². The van der Waals surface area contributed by atoms with Crippen LogP contribution in [-0.4, -0.2) is 36.5 Å². The topological polar surface area (TPSA) is 66.9 Å². The van der Waals surface area contributed by atoms with Gasteiger partial charge in [0.15, 0.2) is 16.8 Å². The molecule has 0 N–H and O–H groups in total. The zero-order chi connectivity index (χ0) is 22.2. The van der Waals surface area contributed by atoms with Gasteiger partial charge in [-0.1, -0.05) is 44.2 Å². The molecule has 1 aliphatic heterocycles. The Kier molecular flexibility index (Phi) is 6.18. The molecule has 0 saturated carbocycles. The van der Waals surface area contributed by atoms with Crippen LogP contribution < -0.4 is 19.7 Å². The fraction of sp³-hybridized carbons (Fsp3) is 0.375. The number of aromatic nitrogens is 1. The SMILES string of the molecule is COc1cc2cc([P+]3([O-])OC[C@H](C(C)C)N3Cc3ccccc3)c(C)nc2cc1OC. The van der Waals surface area contributed by atoms with Gasteiger partial charge in [0.2, 0.25) is 7.87 Å². The molecule has 0 amide bonds. The number of nitrogens with zero attached hydrogens (tertiary/aromatic N) is 2. The van der Waals surface area contributed by atoms with Gasteiger partial charge in [-0.2, -0.15) is 0 Å². The number of methoxy groups -OCH3 is 2. The quantitative estimate of drug-likeness (QED) is 0.542. The van der Waals surface area contributed by atoms with Gasteiger partial charge in [0.1, 0.15) is 6.61 Å². The van der Waals surface area contributed by atoms with Crippen LogP contribution in [-0.2, 0) is 11.1 Å². The van der Waals surface area contributed by atoms with Crippen LogP contribution in [0.1, 0.15) is 25.1 Å². The molecule has 1 aromatic heterocycles. The van der Waals surface area contributed by atoms with E-state index in [2.05, 4.69) is 26.0 Å². The lowest BCUT2D eigenvalue weighted by Crippen LogP contribution is -2.41. The molecule has 6 nitrogen and oxygen atoms in total. The number of fused-ring (bicyclic) bond motifs is 1. The zero-order valence-corrected chi connectivity index (χ0v) is 19.6. The first kappa shape index (κ1) is 22.0. The monoisotopic (exact) mass is 440 g/mol. The van der Waals surface area contributed by atoms with E-state index in [1.54, 1.807) is 14.2 Å². The molecule has 0 radical (unpaired) electrons. The van der Waals surface area contributed by atoms with Crippen LogP contribution in [0, 0.1) is 12.8 Å². The summed E-state index contributed by atoms with van der Waals surface area (Å²) in [5, 5.41) is 1.48. The standard InChI is InChI=1S/C24H29N2O4P/c1-16(2)21-15-30-31(27,26(21)14-18-9-7-6-8-10-18)24-12-19-11-22(28-4)23(29-5)13-20(19)25-17(24)3/h6-13,16,21H,14-15H2,1-5H3/t21-,31?/m1/s1. The molecule has 1 saturated heterocycles. The Bertz CT molecular complexity index is 1080. The third-order valence-corrected chi connectivity index (χ3v) is 8.56. The van der Waals surface area contributed by atoms with Gasteiger partial charge in [0.05, 0.1) is 38.0 Å². The van der Waals surface area contributed by atoms with Crippen LogP contribution in [0.15, 0.2) is 48.5 Å². The smallest absolute Gasteiger partial charge is 0.210 e. The summed E-state index contributed by atoms with van der Waals surface area (Å²) in [5.41, 5.74) is 2.57. The van der Waals surface area contributed by atoms with Crippen molar-refractivity contribution in [3.63, 3.8) is 0 Å². The minimum atomic E-state index is -3.29. The summed E-state index contributed by atoms with van der Waals surface area (Å²) < 4.78 is 19.0. The average Bonchev–Trinajstić information content (AvgIpc) is 3.10. The molecule has 0 spiro atoms. The van der Waals surface area contributed by atoms with Crippen molar-refractivity contribution in [3.05, 3.63) is 59.8 Å². The van der Waals surface area contributed by atoms with E-state index in [0.717, 1.165) is 16.5 Å². The van der Waals surface area contributed by atoms with Crippen molar-refractivity contribution in [1.29, 1.82) is 0 Å². The van der Waals surface area contributed by atoms with Crippen LogP contribution >= 0.6 is 7.87 Å². The maximum absolute atomic E-state index is 14.4. The Morgan fingerprint density at radius 2 is 1.81 bits per heavy atom. The Labute approximate surface area is 184 Å². The first-order valence-electron chi connectivity index (χ1n) is 10.5. The summed E-state index contributed by atoms with van der Waals surface area (Å²) in [6, 6.07) is 15.8. The maximum Gasteiger partial charge on any atom is 0.210 e. The normalized spacial score (nSPS) is 21.7. The van der Waals surface area contributed by atoms with Gasteiger partial charge in [-0.3, -0.25) is 0 Å². The second-order valence-corrected chi connectivity index (χ2v) is 10.5. The lowest BCUT2D eigenvalue weighted by Gasteiger charge is -2.35. The average molecular weight is 440 g/mol. The molecule has 2 atom stereocenters. The van der Waals surface area contributed by atoms with Crippen molar-refractivity contribution < 1.29 is 18.9 Å². The molecule has 1 fully saturated rings. The van der Waals surface area contributed by atoms with Crippen molar-refractivity contribution in [2.75, 3.05) is 20.8 Å². The number of aryl methyl sites for hydroxylation is 1. The van der Waals surface area contributed by atoms with Crippen LogP contribution in [0.5, 0.6) is 11.5 Å². The summed E-state index contributed by atoms with van der Waals surface area (Å²) in [4.78, 5) is 19.2. The minimum Gasteiger partial charge on any atom is -0.637 e. The van der Waals surface area contributed by atoms with Gasteiger partial charge < -0.3 is 14.4 Å². The maximum atomic E-state index is 14.4. The molecule has 4 rings (SSSR count). The number of ether oxygens (including phenoxy) is 2. The highest BCUT2D eigenvalue weighted by molar-refractivity contribution is 7.70. The van der Waals surface area contributed by atoms with E-state index >= 15 is 0 Å². The van der Waals surface area contributed by atoms with E-state index in [1.807, 2.05) is 48.0 Å². The number of hydrogen-bond acceptors (Lipinski definition) is 6. The Hall–Kier alpha value is -2.24. The first-order chi connectivity index (χ1) is 14.9. The third-order valence-electron chi connectivity index (χ3n) is 5.89. The number of hydrogen-bond donors (Lipinski definition) is 0. The largest absolute Gasteiger partial charge is 0.637 e. The van der Waals surface area contributed by atoms with Gasteiger partial charge in [0.25, 0.3) is 0 Å². The summed E-state index contributed by atoms with van der Waals surface area (Å²) in [5.74, 6) is 1.53. The molecule has 31 heavy (non-hydrogen) atoms. The highest BCUT2D eigenvalue weighted by atomic mass is 31.2. The van der Waals surface area contributed by atoms with Crippen molar-refractivity contribution >= 4 is 24.1 Å². The predicted molar refractivity (Wildman–Crippen MR) is 123 cm³/mol. The molecule has 1 aliphatic rings. The number of benzene rings is 2. The molecule has 164 valence electrons. The molecule has 2 heterocycles. The molecule has 0 aliphatic carbocycles. The summed E-state index contributed by atoms with van der Waals surface area (Å²) >= 11 is 0.